The third kappa shape index (κ3) is 5.25. The topological polar surface area (TPSA) is 38.4 Å². The van der Waals surface area contributed by atoms with Gasteiger partial charge in [-0.2, -0.15) is 0 Å². The van der Waals surface area contributed by atoms with E-state index in [4.69, 9.17) is 5.73 Å². The number of aliphatic imine (C=N–C) groups is 1. The zero-order valence-corrected chi connectivity index (χ0v) is 6.38. The van der Waals surface area contributed by atoms with Gasteiger partial charge in [-0.1, -0.05) is 12.7 Å². The Hall–Kier alpha value is -0.890. The molecule has 0 aromatic heterocycles. The van der Waals surface area contributed by atoms with Gasteiger partial charge < -0.3 is 5.73 Å². The summed E-state index contributed by atoms with van der Waals surface area (Å²) >= 11 is 0. The Bertz CT molecular complexity index is 145. The molecule has 10 heavy (non-hydrogen) atoms. The molecule has 0 heterocycles. The zero-order chi connectivity index (χ0) is 7.82. The molecule has 0 atom stereocenters. The van der Waals surface area contributed by atoms with Crippen LogP contribution in [0.25, 0.3) is 0 Å². The smallest absolute Gasteiger partial charge is 0.0294 e. The van der Waals surface area contributed by atoms with Gasteiger partial charge in [0.2, 0.25) is 0 Å². The first-order valence-electron chi connectivity index (χ1n) is 3.33. The number of nitrogens with zero attached hydrogens (tertiary/aromatic N) is 1. The van der Waals surface area contributed by atoms with Gasteiger partial charge in [-0.05, 0) is 25.5 Å². The summed E-state index contributed by atoms with van der Waals surface area (Å²) < 4.78 is 0. The monoisotopic (exact) mass is 138 g/mol. The molecule has 56 valence electrons. The Kier molecular flexibility index (Phi) is 5.68. The van der Waals surface area contributed by atoms with E-state index in [0.29, 0.717) is 6.54 Å². The van der Waals surface area contributed by atoms with Crippen LogP contribution in [0.5, 0.6) is 0 Å². The van der Waals surface area contributed by atoms with Crippen LogP contribution in [0, 0.1) is 0 Å². The van der Waals surface area contributed by atoms with Crippen molar-refractivity contribution in [2.75, 3.05) is 6.54 Å². The molecule has 0 saturated heterocycles. The van der Waals surface area contributed by atoms with Gasteiger partial charge in [-0.25, -0.2) is 0 Å². The quantitative estimate of drug-likeness (QED) is 0.587. The highest BCUT2D eigenvalue weighted by atomic mass is 14.7. The van der Waals surface area contributed by atoms with E-state index in [-0.39, 0.29) is 0 Å². The van der Waals surface area contributed by atoms with E-state index in [1.165, 1.54) is 0 Å². The molecule has 0 aromatic rings. The highest BCUT2D eigenvalue weighted by molar-refractivity contribution is 5.77. The van der Waals surface area contributed by atoms with E-state index < -0.39 is 0 Å². The van der Waals surface area contributed by atoms with Gasteiger partial charge in [0, 0.05) is 12.4 Å². The van der Waals surface area contributed by atoms with Crippen molar-refractivity contribution >= 4 is 6.21 Å². The van der Waals surface area contributed by atoms with Crippen LogP contribution in [0.4, 0.5) is 0 Å². The maximum absolute atomic E-state index is 5.29. The summed E-state index contributed by atoms with van der Waals surface area (Å²) in [4.78, 5) is 3.95. The minimum absolute atomic E-state index is 0.640. The predicted octanol–water partition coefficient (Wildman–Crippen LogP) is 1.50. The van der Waals surface area contributed by atoms with E-state index in [0.717, 1.165) is 12.0 Å². The molecule has 2 nitrogen and oxygen atoms in total. The van der Waals surface area contributed by atoms with Crippen LogP contribution in [0.3, 0.4) is 0 Å². The molecular weight excluding hydrogens is 124 g/mol. The summed E-state index contributed by atoms with van der Waals surface area (Å²) in [5.41, 5.74) is 6.27. The Morgan fingerprint density at radius 2 is 2.40 bits per heavy atom. The molecule has 0 bridgehead atoms. The van der Waals surface area contributed by atoms with Gasteiger partial charge in [0.15, 0.2) is 0 Å². The van der Waals surface area contributed by atoms with Crippen molar-refractivity contribution in [1.82, 2.24) is 0 Å². The van der Waals surface area contributed by atoms with E-state index in [1.807, 2.05) is 13.0 Å². The number of allylic oxidation sites excluding steroid dienone is 1. The number of hydrogen-bond acceptors (Lipinski definition) is 2. The van der Waals surface area contributed by atoms with Gasteiger partial charge in [0.1, 0.15) is 0 Å². The van der Waals surface area contributed by atoms with Gasteiger partial charge >= 0.3 is 0 Å². The van der Waals surface area contributed by atoms with Crippen molar-refractivity contribution < 1.29 is 0 Å². The number of nitrogens with two attached hydrogens (primary N) is 1. The van der Waals surface area contributed by atoms with E-state index in [1.54, 1.807) is 12.4 Å². The average Bonchev–Trinajstić information content (AvgIpc) is 1.89. The second-order valence-electron chi connectivity index (χ2n) is 1.96. The first-order chi connectivity index (χ1) is 4.81. The van der Waals surface area contributed by atoms with E-state index in [9.17, 15) is 0 Å². The normalized spacial score (nSPS) is 11.4. The molecule has 0 unspecified atom stereocenters. The fourth-order valence-corrected chi connectivity index (χ4v) is 0.484. The standard InChI is InChI=1S/C8H14N2/c1-3-6-10-7-8(2)4-5-9/h3,6-7H,2,4-5,9H2,1H3/b6-3-,10-7?. The molecule has 2 heteroatoms. The summed E-state index contributed by atoms with van der Waals surface area (Å²) in [6.45, 7) is 6.31. The summed E-state index contributed by atoms with van der Waals surface area (Å²) in [6.07, 6.45) is 6.14. The third-order valence-corrected chi connectivity index (χ3v) is 0.958. The van der Waals surface area contributed by atoms with E-state index in [2.05, 4.69) is 11.6 Å². The fourth-order valence-electron chi connectivity index (χ4n) is 0.484. The third-order valence-electron chi connectivity index (χ3n) is 0.958. The van der Waals surface area contributed by atoms with Crippen LogP contribution in [0.1, 0.15) is 13.3 Å². The minimum Gasteiger partial charge on any atom is -0.330 e. The molecule has 0 radical (unpaired) electrons. The molecule has 2 N–H and O–H groups in total. The molecule has 0 aromatic carbocycles. The lowest BCUT2D eigenvalue weighted by Crippen LogP contribution is -1.99. The van der Waals surface area contributed by atoms with Crippen LogP contribution in [-0.4, -0.2) is 12.8 Å². The minimum atomic E-state index is 0.640. The fraction of sp³-hybridized carbons (Fsp3) is 0.375. The van der Waals surface area contributed by atoms with Gasteiger partial charge in [-0.15, -0.1) is 0 Å². The van der Waals surface area contributed by atoms with Crippen LogP contribution in [0.2, 0.25) is 0 Å². The van der Waals surface area contributed by atoms with Crippen molar-refractivity contribution in [2.24, 2.45) is 10.7 Å². The second-order valence-corrected chi connectivity index (χ2v) is 1.96. The Balaban J connectivity index is 3.56. The van der Waals surface area contributed by atoms with E-state index >= 15 is 0 Å². The van der Waals surface area contributed by atoms with Gasteiger partial charge in [0.05, 0.1) is 0 Å². The first-order valence-corrected chi connectivity index (χ1v) is 3.33. The highest BCUT2D eigenvalue weighted by Crippen LogP contribution is 1.90. The average molecular weight is 138 g/mol. The largest absolute Gasteiger partial charge is 0.330 e. The summed E-state index contributed by atoms with van der Waals surface area (Å²) in [7, 11) is 0. The van der Waals surface area contributed by atoms with Crippen molar-refractivity contribution in [3.8, 4) is 0 Å². The Morgan fingerprint density at radius 3 is 2.90 bits per heavy atom. The molecule has 0 spiro atoms. The summed E-state index contributed by atoms with van der Waals surface area (Å²) in [6, 6.07) is 0. The number of rotatable bonds is 4. The van der Waals surface area contributed by atoms with Crippen LogP contribution < -0.4 is 5.73 Å². The van der Waals surface area contributed by atoms with Crippen LogP contribution >= 0.6 is 0 Å². The molecule has 0 aliphatic carbocycles. The van der Waals surface area contributed by atoms with Crippen molar-refractivity contribution in [1.29, 1.82) is 0 Å². The molecule has 0 rings (SSSR count). The van der Waals surface area contributed by atoms with Crippen molar-refractivity contribution in [3.05, 3.63) is 24.4 Å². The van der Waals surface area contributed by atoms with Crippen molar-refractivity contribution in [3.63, 3.8) is 0 Å². The predicted molar refractivity (Wildman–Crippen MR) is 46.1 cm³/mol. The maximum Gasteiger partial charge on any atom is 0.0294 e. The number of hydrogen-bond donors (Lipinski definition) is 1. The first kappa shape index (κ1) is 9.11. The van der Waals surface area contributed by atoms with Crippen molar-refractivity contribution in [2.45, 2.75) is 13.3 Å². The zero-order valence-electron chi connectivity index (χ0n) is 6.38. The van der Waals surface area contributed by atoms with Crippen LogP contribution in [-0.2, 0) is 0 Å². The summed E-state index contributed by atoms with van der Waals surface area (Å²) in [5, 5.41) is 0. The van der Waals surface area contributed by atoms with Crippen LogP contribution in [0.15, 0.2) is 29.4 Å². The second kappa shape index (κ2) is 6.23. The summed E-state index contributed by atoms with van der Waals surface area (Å²) in [5.74, 6) is 0. The Morgan fingerprint density at radius 1 is 1.70 bits per heavy atom. The molecule has 0 amide bonds. The highest BCUT2D eigenvalue weighted by Gasteiger charge is 1.83. The molecule has 0 fully saturated rings. The SMILES string of the molecule is C=C(C=N/C=C\C)CCN. The molecular formula is C8H14N2. The molecule has 0 aliphatic heterocycles. The van der Waals surface area contributed by atoms with Gasteiger partial charge in [0.25, 0.3) is 0 Å². The van der Waals surface area contributed by atoms with Gasteiger partial charge in [-0.3, -0.25) is 4.99 Å². The Labute approximate surface area is 62.1 Å². The lowest BCUT2D eigenvalue weighted by atomic mass is 10.2. The molecule has 0 aliphatic rings. The lowest BCUT2D eigenvalue weighted by molar-refractivity contribution is 0.990. The maximum atomic E-state index is 5.29. The molecule has 0 saturated carbocycles. The lowest BCUT2D eigenvalue weighted by Gasteiger charge is -1.91.